The molecule has 0 radical (unpaired) electrons. The molecule has 0 saturated heterocycles. The lowest BCUT2D eigenvalue weighted by Crippen LogP contribution is -2.35. The van der Waals surface area contributed by atoms with Crippen LogP contribution in [0.1, 0.15) is 16.8 Å². The van der Waals surface area contributed by atoms with Gasteiger partial charge in [0.1, 0.15) is 5.75 Å². The molecule has 0 aliphatic rings. The Hall–Kier alpha value is -3.03. The minimum atomic E-state index is -1.70. The van der Waals surface area contributed by atoms with Crippen LogP contribution in [0.25, 0.3) is 0 Å². The number of benzene rings is 2. The molecule has 0 aliphatic heterocycles. The Labute approximate surface area is 148 Å². The number of hydrogen-bond donors (Lipinski definition) is 2. The summed E-state index contributed by atoms with van der Waals surface area (Å²) in [7, 11) is 0. The fourth-order valence-electron chi connectivity index (χ4n) is 2.04. The van der Waals surface area contributed by atoms with E-state index in [1.807, 2.05) is 18.2 Å². The normalized spacial score (nSPS) is 10.3. The fraction of sp³-hybridized carbons (Fsp3) is 0.222. The maximum absolute atomic E-state index is 13.5. The van der Waals surface area contributed by atoms with E-state index in [0.717, 1.165) is 6.07 Å². The first-order chi connectivity index (χ1) is 12.5. The summed E-state index contributed by atoms with van der Waals surface area (Å²) < 4.78 is 44.8. The highest BCUT2D eigenvalue weighted by Crippen LogP contribution is 2.14. The molecule has 0 unspecified atom stereocenters. The largest absolute Gasteiger partial charge is 0.493 e. The van der Waals surface area contributed by atoms with Gasteiger partial charge in [-0.15, -0.1) is 0 Å². The first-order valence-corrected chi connectivity index (χ1v) is 7.85. The van der Waals surface area contributed by atoms with Gasteiger partial charge >= 0.3 is 0 Å². The first-order valence-electron chi connectivity index (χ1n) is 7.85. The number of halogens is 3. The lowest BCUT2D eigenvalue weighted by atomic mass is 10.2. The number of hydrogen-bond acceptors (Lipinski definition) is 3. The molecule has 0 aromatic heterocycles. The van der Waals surface area contributed by atoms with E-state index in [9.17, 15) is 22.8 Å². The minimum absolute atomic E-state index is 0.00253. The summed E-state index contributed by atoms with van der Waals surface area (Å²) in [4.78, 5) is 23.4. The van der Waals surface area contributed by atoms with Gasteiger partial charge in [-0.3, -0.25) is 9.59 Å². The van der Waals surface area contributed by atoms with Crippen molar-refractivity contribution in [3.05, 3.63) is 65.5 Å². The van der Waals surface area contributed by atoms with Gasteiger partial charge in [0, 0.05) is 13.1 Å². The van der Waals surface area contributed by atoms with Crippen LogP contribution >= 0.6 is 0 Å². The number of amides is 2. The molecule has 2 amide bonds. The van der Waals surface area contributed by atoms with Gasteiger partial charge in [-0.05, 0) is 24.3 Å². The van der Waals surface area contributed by atoms with Gasteiger partial charge in [0.2, 0.25) is 5.91 Å². The van der Waals surface area contributed by atoms with Crippen LogP contribution < -0.4 is 15.4 Å². The van der Waals surface area contributed by atoms with E-state index in [-0.39, 0.29) is 32.0 Å². The van der Waals surface area contributed by atoms with Crippen molar-refractivity contribution in [2.45, 2.75) is 6.42 Å². The molecule has 2 aromatic rings. The summed E-state index contributed by atoms with van der Waals surface area (Å²) in [6.45, 7) is 0.298. The van der Waals surface area contributed by atoms with Crippen LogP contribution in [0.2, 0.25) is 0 Å². The Morgan fingerprint density at radius 1 is 0.885 bits per heavy atom. The molecular formula is C18H17F3N2O3. The maximum atomic E-state index is 13.5. The van der Waals surface area contributed by atoms with Gasteiger partial charge < -0.3 is 15.4 Å². The lowest BCUT2D eigenvalue weighted by molar-refractivity contribution is -0.121. The monoisotopic (exact) mass is 366 g/mol. The average molecular weight is 366 g/mol. The van der Waals surface area contributed by atoms with Crippen molar-refractivity contribution in [2.24, 2.45) is 0 Å². The molecular weight excluding hydrogens is 349 g/mol. The molecule has 0 heterocycles. The topological polar surface area (TPSA) is 67.4 Å². The van der Waals surface area contributed by atoms with Crippen LogP contribution in [0.3, 0.4) is 0 Å². The van der Waals surface area contributed by atoms with Gasteiger partial charge in [-0.25, -0.2) is 13.2 Å². The third-order valence-corrected chi connectivity index (χ3v) is 3.35. The van der Waals surface area contributed by atoms with Gasteiger partial charge in [0.25, 0.3) is 5.91 Å². The van der Waals surface area contributed by atoms with E-state index in [1.54, 1.807) is 12.1 Å². The molecule has 2 N–H and O–H groups in total. The number of carbonyl (C=O) groups is 2. The Kier molecular flexibility index (Phi) is 7.02. The molecule has 5 nitrogen and oxygen atoms in total. The lowest BCUT2D eigenvalue weighted by Gasteiger charge is -2.09. The van der Waals surface area contributed by atoms with Crippen molar-refractivity contribution in [3.8, 4) is 5.75 Å². The molecule has 2 aromatic carbocycles. The molecule has 138 valence electrons. The molecule has 0 fully saturated rings. The second-order valence-electron chi connectivity index (χ2n) is 5.24. The zero-order valence-electron chi connectivity index (χ0n) is 13.7. The number of carbonyl (C=O) groups excluding carboxylic acids is 2. The highest BCUT2D eigenvalue weighted by Gasteiger charge is 2.18. The average Bonchev–Trinajstić information content (AvgIpc) is 2.64. The molecule has 0 aliphatic carbocycles. The number of rotatable bonds is 8. The molecule has 0 bridgehead atoms. The Bertz CT molecular complexity index is 770. The number of nitrogens with one attached hydrogen (secondary N) is 2. The predicted octanol–water partition coefficient (Wildman–Crippen LogP) is 2.42. The van der Waals surface area contributed by atoms with Crippen LogP contribution in [0.4, 0.5) is 13.2 Å². The summed E-state index contributed by atoms with van der Waals surface area (Å²) in [5, 5.41) is 4.86. The summed E-state index contributed by atoms with van der Waals surface area (Å²) in [6.07, 6.45) is 0.126. The van der Waals surface area contributed by atoms with E-state index in [1.165, 1.54) is 0 Å². The summed E-state index contributed by atoms with van der Waals surface area (Å²) in [5.41, 5.74) is -0.605. The number of para-hydroxylation sites is 1. The van der Waals surface area contributed by atoms with E-state index < -0.39 is 28.9 Å². The highest BCUT2D eigenvalue weighted by atomic mass is 19.2. The zero-order chi connectivity index (χ0) is 18.9. The third kappa shape index (κ3) is 5.51. The van der Waals surface area contributed by atoms with Crippen molar-refractivity contribution in [1.82, 2.24) is 10.6 Å². The van der Waals surface area contributed by atoms with Crippen LogP contribution in [0.5, 0.6) is 5.75 Å². The first kappa shape index (κ1) is 19.3. The summed E-state index contributed by atoms with van der Waals surface area (Å²) in [5.74, 6) is -5.16. The van der Waals surface area contributed by atoms with Crippen molar-refractivity contribution in [1.29, 1.82) is 0 Å². The Morgan fingerprint density at radius 3 is 2.31 bits per heavy atom. The van der Waals surface area contributed by atoms with E-state index in [0.29, 0.717) is 11.8 Å². The molecule has 0 spiro atoms. The van der Waals surface area contributed by atoms with Crippen molar-refractivity contribution in [2.75, 3.05) is 19.7 Å². The van der Waals surface area contributed by atoms with Gasteiger partial charge in [-0.2, -0.15) is 0 Å². The second-order valence-corrected chi connectivity index (χ2v) is 5.24. The number of ether oxygens (including phenoxy) is 1. The van der Waals surface area contributed by atoms with Crippen molar-refractivity contribution >= 4 is 11.8 Å². The molecule has 0 atom stereocenters. The molecule has 8 heteroatoms. The van der Waals surface area contributed by atoms with Gasteiger partial charge in [0.15, 0.2) is 17.5 Å². The predicted molar refractivity (Wildman–Crippen MR) is 88.2 cm³/mol. The summed E-state index contributed by atoms with van der Waals surface area (Å²) in [6, 6.07) is 10.5. The van der Waals surface area contributed by atoms with E-state index in [4.69, 9.17) is 4.74 Å². The van der Waals surface area contributed by atoms with Crippen LogP contribution in [0, 0.1) is 17.5 Å². The fourth-order valence-corrected chi connectivity index (χ4v) is 2.04. The summed E-state index contributed by atoms with van der Waals surface area (Å²) >= 11 is 0. The second kappa shape index (κ2) is 9.45. The molecule has 2 rings (SSSR count). The van der Waals surface area contributed by atoms with Crippen molar-refractivity contribution < 1.29 is 27.5 Å². The minimum Gasteiger partial charge on any atom is -0.493 e. The Balaban J connectivity index is 1.66. The quantitative estimate of drug-likeness (QED) is 0.557. The maximum Gasteiger partial charge on any atom is 0.254 e. The van der Waals surface area contributed by atoms with E-state index in [2.05, 4.69) is 10.6 Å². The molecule has 0 saturated carbocycles. The van der Waals surface area contributed by atoms with Crippen molar-refractivity contribution in [3.63, 3.8) is 0 Å². The third-order valence-electron chi connectivity index (χ3n) is 3.35. The highest BCUT2D eigenvalue weighted by molar-refractivity contribution is 5.94. The SMILES string of the molecule is O=C(CCOc1ccccc1)NCCNC(=O)c1ccc(F)c(F)c1F. The Morgan fingerprint density at radius 2 is 1.58 bits per heavy atom. The zero-order valence-corrected chi connectivity index (χ0v) is 13.7. The molecule has 26 heavy (non-hydrogen) atoms. The standard InChI is InChI=1S/C18H17F3N2O3/c19-14-7-6-13(16(20)17(14)21)18(25)23-10-9-22-15(24)8-11-26-12-4-2-1-3-5-12/h1-7H,8-11H2,(H,22,24)(H,23,25). The van der Waals surface area contributed by atoms with Crippen LogP contribution in [0.15, 0.2) is 42.5 Å². The van der Waals surface area contributed by atoms with Crippen LogP contribution in [-0.2, 0) is 4.79 Å². The smallest absolute Gasteiger partial charge is 0.254 e. The van der Waals surface area contributed by atoms with Crippen LogP contribution in [-0.4, -0.2) is 31.5 Å². The van der Waals surface area contributed by atoms with Gasteiger partial charge in [0.05, 0.1) is 18.6 Å². The van der Waals surface area contributed by atoms with E-state index >= 15 is 0 Å². The van der Waals surface area contributed by atoms with Gasteiger partial charge in [-0.1, -0.05) is 18.2 Å².